The maximum atomic E-state index is 3.94. The molecule has 0 unspecified atom stereocenters. The Balaban J connectivity index is 1.47. The van der Waals surface area contributed by atoms with E-state index >= 15 is 0 Å². The second kappa shape index (κ2) is 9.70. The van der Waals surface area contributed by atoms with Crippen molar-refractivity contribution in [3.8, 4) is 44.5 Å². The molecule has 7 rings (SSSR count). The normalized spacial score (nSPS) is 12.9. The number of nitrogens with one attached hydrogen (secondary N) is 1. The number of benzene rings is 6. The van der Waals surface area contributed by atoms with Crippen LogP contribution in [0.25, 0.3) is 44.5 Å². The molecule has 0 aromatic heterocycles. The molecule has 1 aliphatic carbocycles. The van der Waals surface area contributed by atoms with Crippen molar-refractivity contribution in [3.63, 3.8) is 0 Å². The summed E-state index contributed by atoms with van der Waals surface area (Å²) >= 11 is 0. The Morgan fingerprint density at radius 2 is 0.900 bits per heavy atom. The first-order valence-electron chi connectivity index (χ1n) is 14.0. The first kappa shape index (κ1) is 24.2. The van der Waals surface area contributed by atoms with E-state index in [1.165, 1.54) is 55.6 Å². The van der Waals surface area contributed by atoms with E-state index in [4.69, 9.17) is 0 Å². The molecule has 6 aromatic carbocycles. The van der Waals surface area contributed by atoms with Crippen LogP contribution in [-0.2, 0) is 5.41 Å². The van der Waals surface area contributed by atoms with Gasteiger partial charge < -0.3 is 5.32 Å². The van der Waals surface area contributed by atoms with Crippen molar-refractivity contribution in [2.45, 2.75) is 19.3 Å². The van der Waals surface area contributed by atoms with Crippen LogP contribution >= 0.6 is 0 Å². The zero-order valence-electron chi connectivity index (χ0n) is 22.9. The molecular weight excluding hydrogens is 482 g/mol. The van der Waals surface area contributed by atoms with Gasteiger partial charge in [-0.25, -0.2) is 0 Å². The standard InChI is InChI=1S/C39H31N/c1-39(2)35-24-13-12-21-33(35)37-34(29-19-10-5-11-20-29)25-30(26-36(37)39)40-38-31(27-15-6-3-7-16-27)22-14-23-32(38)28-17-8-4-9-18-28/h3-26,40H,1-2H3. The van der Waals surface area contributed by atoms with Crippen LogP contribution in [0.15, 0.2) is 146 Å². The summed E-state index contributed by atoms with van der Waals surface area (Å²) in [5.74, 6) is 0. The van der Waals surface area contributed by atoms with Crippen molar-refractivity contribution in [2.75, 3.05) is 5.32 Å². The summed E-state index contributed by atoms with van der Waals surface area (Å²) < 4.78 is 0. The van der Waals surface area contributed by atoms with Gasteiger partial charge in [0.2, 0.25) is 0 Å². The lowest BCUT2D eigenvalue weighted by Gasteiger charge is -2.24. The van der Waals surface area contributed by atoms with Crippen LogP contribution in [0.3, 0.4) is 0 Å². The van der Waals surface area contributed by atoms with E-state index in [9.17, 15) is 0 Å². The predicted octanol–water partition coefficient (Wildman–Crippen LogP) is 10.7. The summed E-state index contributed by atoms with van der Waals surface area (Å²) in [6.07, 6.45) is 0. The number of rotatable bonds is 5. The monoisotopic (exact) mass is 513 g/mol. The number of para-hydroxylation sites is 1. The van der Waals surface area contributed by atoms with Gasteiger partial charge in [0.05, 0.1) is 5.69 Å². The largest absolute Gasteiger partial charge is 0.354 e. The Labute approximate surface area is 236 Å². The van der Waals surface area contributed by atoms with Crippen molar-refractivity contribution >= 4 is 11.4 Å². The van der Waals surface area contributed by atoms with Gasteiger partial charge in [-0.15, -0.1) is 0 Å². The molecule has 1 N–H and O–H groups in total. The fourth-order valence-corrected chi connectivity index (χ4v) is 6.28. The Bertz CT molecular complexity index is 1760. The molecule has 0 radical (unpaired) electrons. The number of hydrogen-bond donors (Lipinski definition) is 1. The molecule has 0 amide bonds. The van der Waals surface area contributed by atoms with Crippen LogP contribution in [0.5, 0.6) is 0 Å². The number of hydrogen-bond acceptors (Lipinski definition) is 1. The van der Waals surface area contributed by atoms with E-state index < -0.39 is 0 Å². The van der Waals surface area contributed by atoms with Crippen LogP contribution in [0.4, 0.5) is 11.4 Å². The lowest BCUT2D eigenvalue weighted by Crippen LogP contribution is -2.15. The molecule has 0 spiro atoms. The van der Waals surface area contributed by atoms with Crippen LogP contribution in [0, 0.1) is 0 Å². The first-order chi connectivity index (χ1) is 19.6. The SMILES string of the molecule is CC1(C)c2ccccc2-c2c(-c3ccccc3)cc(Nc3c(-c4ccccc4)cccc3-c3ccccc3)cc21. The van der Waals surface area contributed by atoms with E-state index in [1.807, 2.05) is 0 Å². The maximum Gasteiger partial charge on any atom is 0.0543 e. The van der Waals surface area contributed by atoms with Crippen molar-refractivity contribution in [1.82, 2.24) is 0 Å². The van der Waals surface area contributed by atoms with Gasteiger partial charge in [0.15, 0.2) is 0 Å². The van der Waals surface area contributed by atoms with E-state index in [0.29, 0.717) is 0 Å². The van der Waals surface area contributed by atoms with E-state index in [-0.39, 0.29) is 5.41 Å². The zero-order chi connectivity index (χ0) is 27.1. The third kappa shape index (κ3) is 4.03. The van der Waals surface area contributed by atoms with E-state index in [2.05, 4.69) is 165 Å². The smallest absolute Gasteiger partial charge is 0.0543 e. The second-order valence-corrected chi connectivity index (χ2v) is 11.1. The molecule has 6 aromatic rings. The number of fused-ring (bicyclic) bond motifs is 3. The highest BCUT2D eigenvalue weighted by molar-refractivity contribution is 5.97. The third-order valence-corrected chi connectivity index (χ3v) is 8.27. The van der Waals surface area contributed by atoms with Gasteiger partial charge in [0.25, 0.3) is 0 Å². The molecule has 40 heavy (non-hydrogen) atoms. The van der Waals surface area contributed by atoms with Gasteiger partial charge in [-0.3, -0.25) is 0 Å². The molecule has 0 atom stereocenters. The van der Waals surface area contributed by atoms with Gasteiger partial charge >= 0.3 is 0 Å². The minimum Gasteiger partial charge on any atom is -0.354 e. The molecule has 192 valence electrons. The maximum absolute atomic E-state index is 3.94. The average molecular weight is 514 g/mol. The second-order valence-electron chi connectivity index (χ2n) is 11.1. The number of anilines is 2. The van der Waals surface area contributed by atoms with Crippen molar-refractivity contribution in [3.05, 3.63) is 157 Å². The van der Waals surface area contributed by atoms with E-state index in [0.717, 1.165) is 11.4 Å². The summed E-state index contributed by atoms with van der Waals surface area (Å²) in [5, 5.41) is 3.94. The van der Waals surface area contributed by atoms with Crippen molar-refractivity contribution in [1.29, 1.82) is 0 Å². The molecule has 0 aliphatic heterocycles. The Hall–Kier alpha value is -4.88. The van der Waals surface area contributed by atoms with Gasteiger partial charge in [0, 0.05) is 22.2 Å². The Kier molecular flexibility index (Phi) is 5.86. The molecule has 1 heteroatoms. The topological polar surface area (TPSA) is 12.0 Å². The summed E-state index contributed by atoms with van der Waals surface area (Å²) in [5.41, 5.74) is 14.8. The molecule has 0 bridgehead atoms. The molecule has 0 saturated heterocycles. The zero-order valence-corrected chi connectivity index (χ0v) is 22.9. The minimum atomic E-state index is -0.103. The summed E-state index contributed by atoms with van der Waals surface area (Å²) in [7, 11) is 0. The third-order valence-electron chi connectivity index (χ3n) is 8.27. The van der Waals surface area contributed by atoms with Crippen LogP contribution in [-0.4, -0.2) is 0 Å². The van der Waals surface area contributed by atoms with Crippen LogP contribution < -0.4 is 5.32 Å². The Morgan fingerprint density at radius 3 is 1.48 bits per heavy atom. The minimum absolute atomic E-state index is 0.103. The van der Waals surface area contributed by atoms with Gasteiger partial charge in [-0.2, -0.15) is 0 Å². The molecule has 0 fully saturated rings. The highest BCUT2D eigenvalue weighted by Crippen LogP contribution is 2.53. The van der Waals surface area contributed by atoms with Gasteiger partial charge in [0.1, 0.15) is 0 Å². The lowest BCUT2D eigenvalue weighted by atomic mass is 9.81. The summed E-state index contributed by atoms with van der Waals surface area (Å²) in [4.78, 5) is 0. The molecule has 0 heterocycles. The van der Waals surface area contributed by atoms with Gasteiger partial charge in [-0.1, -0.05) is 147 Å². The molecule has 0 saturated carbocycles. The average Bonchev–Trinajstić information content (AvgIpc) is 3.24. The fourth-order valence-electron chi connectivity index (χ4n) is 6.28. The molecule has 1 aliphatic rings. The Morgan fingerprint density at radius 1 is 0.425 bits per heavy atom. The van der Waals surface area contributed by atoms with E-state index in [1.54, 1.807) is 0 Å². The molecule has 1 nitrogen and oxygen atoms in total. The molecular formula is C39H31N. The highest BCUT2D eigenvalue weighted by Gasteiger charge is 2.37. The van der Waals surface area contributed by atoms with Crippen molar-refractivity contribution in [2.24, 2.45) is 0 Å². The van der Waals surface area contributed by atoms with Crippen molar-refractivity contribution < 1.29 is 0 Å². The van der Waals surface area contributed by atoms with Crippen LogP contribution in [0.2, 0.25) is 0 Å². The summed E-state index contributed by atoms with van der Waals surface area (Å²) in [6, 6.07) is 52.3. The van der Waals surface area contributed by atoms with Crippen LogP contribution in [0.1, 0.15) is 25.0 Å². The predicted molar refractivity (Wildman–Crippen MR) is 170 cm³/mol. The first-order valence-corrected chi connectivity index (χ1v) is 14.0. The quantitative estimate of drug-likeness (QED) is 0.242. The van der Waals surface area contributed by atoms with Gasteiger partial charge in [-0.05, 0) is 56.6 Å². The summed E-state index contributed by atoms with van der Waals surface area (Å²) in [6.45, 7) is 4.70. The lowest BCUT2D eigenvalue weighted by molar-refractivity contribution is 0.661. The fraction of sp³-hybridized carbons (Fsp3) is 0.0769. The highest BCUT2D eigenvalue weighted by atomic mass is 14.9.